The lowest BCUT2D eigenvalue weighted by molar-refractivity contribution is 0.393. The van der Waals surface area contributed by atoms with Gasteiger partial charge >= 0.3 is 0 Å². The van der Waals surface area contributed by atoms with E-state index in [1.165, 1.54) is 6.07 Å². The molecule has 0 aliphatic carbocycles. The van der Waals surface area contributed by atoms with Crippen LogP contribution in [-0.4, -0.2) is 41.5 Å². The first kappa shape index (κ1) is 14.1. The van der Waals surface area contributed by atoms with E-state index in [0.29, 0.717) is 5.56 Å². The van der Waals surface area contributed by atoms with Gasteiger partial charge < -0.3 is 20.4 Å². The molecule has 1 unspecified atom stereocenters. The monoisotopic (exact) mass is 253 g/mol. The highest BCUT2D eigenvalue weighted by Crippen LogP contribution is 2.27. The SMILES string of the molecule is CN(C)C(=N)NC(N)NCc1cccc(O)c1O. The topological polar surface area (TPSA) is 118 Å². The first-order chi connectivity index (χ1) is 8.41. The van der Waals surface area contributed by atoms with E-state index in [0.717, 1.165) is 0 Å². The number of para-hydroxylation sites is 1. The van der Waals surface area contributed by atoms with Crippen molar-refractivity contribution in [3.05, 3.63) is 23.8 Å². The van der Waals surface area contributed by atoms with Crippen molar-refractivity contribution in [3.8, 4) is 11.5 Å². The van der Waals surface area contributed by atoms with Gasteiger partial charge in [0.25, 0.3) is 0 Å². The lowest BCUT2D eigenvalue weighted by Gasteiger charge is -2.21. The minimum Gasteiger partial charge on any atom is -0.504 e. The highest BCUT2D eigenvalue weighted by molar-refractivity contribution is 5.76. The number of aromatic hydroxyl groups is 2. The summed E-state index contributed by atoms with van der Waals surface area (Å²) in [5, 5.41) is 32.0. The highest BCUT2D eigenvalue weighted by atomic mass is 16.3. The maximum absolute atomic E-state index is 9.58. The molecule has 18 heavy (non-hydrogen) atoms. The molecule has 0 aromatic heterocycles. The van der Waals surface area contributed by atoms with Gasteiger partial charge in [-0.25, -0.2) is 0 Å². The van der Waals surface area contributed by atoms with Crippen LogP contribution in [0.1, 0.15) is 5.56 Å². The van der Waals surface area contributed by atoms with Gasteiger partial charge in [-0.2, -0.15) is 0 Å². The fraction of sp³-hybridized carbons (Fsp3) is 0.364. The van der Waals surface area contributed by atoms with Crippen LogP contribution in [0.25, 0.3) is 0 Å². The first-order valence-corrected chi connectivity index (χ1v) is 5.43. The molecule has 1 aromatic carbocycles. The molecule has 0 aliphatic rings. The molecule has 7 N–H and O–H groups in total. The summed E-state index contributed by atoms with van der Waals surface area (Å²) in [6.07, 6.45) is -0.623. The summed E-state index contributed by atoms with van der Waals surface area (Å²) in [7, 11) is 3.45. The molecule has 0 bridgehead atoms. The number of hydrogen-bond acceptors (Lipinski definition) is 5. The van der Waals surface area contributed by atoms with E-state index in [4.69, 9.17) is 11.1 Å². The third kappa shape index (κ3) is 3.79. The Kier molecular flexibility index (Phi) is 4.75. The minimum atomic E-state index is -0.623. The summed E-state index contributed by atoms with van der Waals surface area (Å²) in [4.78, 5) is 1.58. The van der Waals surface area contributed by atoms with Crippen molar-refractivity contribution >= 4 is 5.96 Å². The Morgan fingerprint density at radius 1 is 1.44 bits per heavy atom. The molecular weight excluding hydrogens is 234 g/mol. The Morgan fingerprint density at radius 2 is 2.11 bits per heavy atom. The summed E-state index contributed by atoms with van der Waals surface area (Å²) in [5.74, 6) is -0.160. The molecule has 7 heteroatoms. The van der Waals surface area contributed by atoms with Crippen molar-refractivity contribution in [3.63, 3.8) is 0 Å². The number of nitrogens with two attached hydrogens (primary N) is 1. The lowest BCUT2D eigenvalue weighted by atomic mass is 10.2. The third-order valence-electron chi connectivity index (χ3n) is 2.35. The number of phenolic OH excluding ortho intramolecular Hbond substituents is 2. The van der Waals surface area contributed by atoms with E-state index in [1.807, 2.05) is 0 Å². The number of rotatable bonds is 4. The van der Waals surface area contributed by atoms with E-state index in [-0.39, 0.29) is 24.0 Å². The van der Waals surface area contributed by atoms with Crippen molar-refractivity contribution in [2.24, 2.45) is 5.73 Å². The molecule has 7 nitrogen and oxygen atoms in total. The summed E-state index contributed by atoms with van der Waals surface area (Å²) in [6, 6.07) is 4.71. The molecule has 0 amide bonds. The van der Waals surface area contributed by atoms with Crippen molar-refractivity contribution in [2.45, 2.75) is 12.8 Å². The fourth-order valence-corrected chi connectivity index (χ4v) is 1.27. The van der Waals surface area contributed by atoms with Crippen molar-refractivity contribution in [2.75, 3.05) is 14.1 Å². The molecule has 0 spiro atoms. The number of nitrogens with one attached hydrogen (secondary N) is 3. The van der Waals surface area contributed by atoms with E-state index in [9.17, 15) is 10.2 Å². The summed E-state index contributed by atoms with van der Waals surface area (Å²) >= 11 is 0. The molecule has 0 aliphatic heterocycles. The van der Waals surface area contributed by atoms with Gasteiger partial charge in [0, 0.05) is 26.2 Å². The van der Waals surface area contributed by atoms with Crippen molar-refractivity contribution < 1.29 is 10.2 Å². The van der Waals surface area contributed by atoms with Gasteiger partial charge in [0.1, 0.15) is 6.29 Å². The zero-order valence-electron chi connectivity index (χ0n) is 10.4. The molecule has 100 valence electrons. The van der Waals surface area contributed by atoms with Gasteiger partial charge in [0.15, 0.2) is 17.5 Å². The van der Waals surface area contributed by atoms with Crippen LogP contribution in [-0.2, 0) is 6.54 Å². The van der Waals surface area contributed by atoms with E-state index < -0.39 is 6.29 Å². The zero-order chi connectivity index (χ0) is 13.7. The molecule has 0 fully saturated rings. The van der Waals surface area contributed by atoms with Gasteiger partial charge in [-0.15, -0.1) is 0 Å². The van der Waals surface area contributed by atoms with Crippen LogP contribution in [0.4, 0.5) is 0 Å². The lowest BCUT2D eigenvalue weighted by Crippen LogP contribution is -2.54. The Bertz CT molecular complexity index is 422. The fourth-order valence-electron chi connectivity index (χ4n) is 1.27. The van der Waals surface area contributed by atoms with Crippen molar-refractivity contribution in [1.29, 1.82) is 5.41 Å². The van der Waals surface area contributed by atoms with Gasteiger partial charge in [-0.1, -0.05) is 12.1 Å². The van der Waals surface area contributed by atoms with Gasteiger partial charge in [0.2, 0.25) is 0 Å². The Morgan fingerprint density at radius 3 is 2.72 bits per heavy atom. The first-order valence-electron chi connectivity index (χ1n) is 5.43. The molecule has 1 atom stereocenters. The number of phenols is 2. The Balaban J connectivity index is 2.50. The molecule has 0 radical (unpaired) electrons. The smallest absolute Gasteiger partial charge is 0.192 e. The summed E-state index contributed by atoms with van der Waals surface area (Å²) in [5.41, 5.74) is 6.25. The minimum absolute atomic E-state index is 0.167. The molecule has 0 saturated heterocycles. The molecular formula is C11H19N5O2. The van der Waals surface area contributed by atoms with Crippen LogP contribution >= 0.6 is 0 Å². The van der Waals surface area contributed by atoms with E-state index >= 15 is 0 Å². The second kappa shape index (κ2) is 6.08. The molecule has 1 aromatic rings. The molecule has 1 rings (SSSR count). The predicted octanol–water partition coefficient (Wildman–Crippen LogP) is -0.484. The Labute approximate surface area is 106 Å². The average molecular weight is 253 g/mol. The highest BCUT2D eigenvalue weighted by Gasteiger charge is 2.08. The van der Waals surface area contributed by atoms with E-state index in [2.05, 4.69) is 10.6 Å². The van der Waals surface area contributed by atoms with Crippen LogP contribution in [0.5, 0.6) is 11.5 Å². The van der Waals surface area contributed by atoms with Crippen LogP contribution in [0.2, 0.25) is 0 Å². The van der Waals surface area contributed by atoms with Crippen LogP contribution in [0.15, 0.2) is 18.2 Å². The second-order valence-corrected chi connectivity index (χ2v) is 4.03. The zero-order valence-corrected chi connectivity index (χ0v) is 10.4. The maximum atomic E-state index is 9.58. The second-order valence-electron chi connectivity index (χ2n) is 4.03. The quantitative estimate of drug-likeness (QED) is 0.187. The average Bonchev–Trinajstić information content (AvgIpc) is 2.31. The van der Waals surface area contributed by atoms with Crippen LogP contribution in [0.3, 0.4) is 0 Å². The summed E-state index contributed by atoms with van der Waals surface area (Å²) in [6.45, 7) is 0.273. The van der Waals surface area contributed by atoms with Crippen LogP contribution < -0.4 is 16.4 Å². The third-order valence-corrected chi connectivity index (χ3v) is 2.35. The van der Waals surface area contributed by atoms with Gasteiger partial charge in [-0.05, 0) is 6.07 Å². The maximum Gasteiger partial charge on any atom is 0.192 e. The van der Waals surface area contributed by atoms with Gasteiger partial charge in [0.05, 0.1) is 0 Å². The largest absolute Gasteiger partial charge is 0.504 e. The number of nitrogens with zero attached hydrogens (tertiary/aromatic N) is 1. The summed E-state index contributed by atoms with van der Waals surface area (Å²) < 4.78 is 0. The number of benzene rings is 1. The number of hydrogen-bond donors (Lipinski definition) is 6. The van der Waals surface area contributed by atoms with Gasteiger partial charge in [-0.3, -0.25) is 16.5 Å². The predicted molar refractivity (Wildman–Crippen MR) is 69.1 cm³/mol. The Hall–Kier alpha value is -1.99. The van der Waals surface area contributed by atoms with Crippen molar-refractivity contribution in [1.82, 2.24) is 15.5 Å². The number of guanidine groups is 1. The normalized spacial score (nSPS) is 11.9. The standard InChI is InChI=1S/C11H19N5O2/c1-16(2)11(13)15-10(12)14-6-7-4-3-5-8(17)9(7)18/h3-5,10,14,17-18H,6,12H2,1-2H3,(H2,13,15). The van der Waals surface area contributed by atoms with E-state index in [1.54, 1.807) is 31.1 Å². The van der Waals surface area contributed by atoms with Crippen LogP contribution in [0, 0.1) is 5.41 Å². The molecule has 0 heterocycles. The molecule has 0 saturated carbocycles.